The van der Waals surface area contributed by atoms with Crippen LogP contribution in [0.25, 0.3) is 11.4 Å². The van der Waals surface area contributed by atoms with Crippen LogP contribution in [-0.2, 0) is 6.54 Å². The normalized spacial score (nSPS) is 13.8. The minimum atomic E-state index is 0.157. The molecule has 0 atom stereocenters. The summed E-state index contributed by atoms with van der Waals surface area (Å²) in [7, 11) is 0. The van der Waals surface area contributed by atoms with Crippen LogP contribution in [0, 0.1) is 0 Å². The summed E-state index contributed by atoms with van der Waals surface area (Å²) < 4.78 is 16.5. The zero-order chi connectivity index (χ0) is 19.3. The molecule has 0 amide bonds. The van der Waals surface area contributed by atoms with Gasteiger partial charge in [-0.2, -0.15) is 4.98 Å². The lowest BCUT2D eigenvalue weighted by molar-refractivity contribution is 0.297. The number of nitrogens with one attached hydrogen (secondary N) is 1. The second-order valence-electron chi connectivity index (χ2n) is 6.06. The third-order valence-electron chi connectivity index (χ3n) is 3.98. The molecule has 1 aromatic heterocycles. The van der Waals surface area contributed by atoms with Gasteiger partial charge >= 0.3 is 0 Å². The van der Waals surface area contributed by atoms with Crippen molar-refractivity contribution < 1.29 is 14.0 Å². The molecular weight excluding hydrogens is 382 g/mol. The van der Waals surface area contributed by atoms with E-state index < -0.39 is 0 Å². The minimum Gasteiger partial charge on any atom is -0.490 e. The second kappa shape index (κ2) is 8.18. The number of anilines is 1. The SMILES string of the molecule is NC(=NCc1nc(-c2ccc(Cl)cc2)no1)Nc1ccc2c(c1)OCCCO2. The molecule has 2 heterocycles. The fourth-order valence-electron chi connectivity index (χ4n) is 2.62. The smallest absolute Gasteiger partial charge is 0.248 e. The van der Waals surface area contributed by atoms with E-state index in [0.717, 1.165) is 23.4 Å². The molecule has 3 N–H and O–H groups in total. The molecule has 9 heteroatoms. The van der Waals surface area contributed by atoms with Crippen molar-refractivity contribution in [2.45, 2.75) is 13.0 Å². The van der Waals surface area contributed by atoms with Gasteiger partial charge in [-0.05, 0) is 36.4 Å². The predicted octanol–water partition coefficient (Wildman–Crippen LogP) is 3.48. The Hall–Kier alpha value is -3.26. The molecule has 0 spiro atoms. The van der Waals surface area contributed by atoms with Crippen molar-refractivity contribution in [2.75, 3.05) is 18.5 Å². The Morgan fingerprint density at radius 2 is 1.89 bits per heavy atom. The molecule has 0 fully saturated rings. The topological polar surface area (TPSA) is 108 Å². The molecule has 8 nitrogen and oxygen atoms in total. The zero-order valence-electron chi connectivity index (χ0n) is 14.9. The number of nitrogens with zero attached hydrogens (tertiary/aromatic N) is 3. The number of aromatic nitrogens is 2. The van der Waals surface area contributed by atoms with E-state index in [0.29, 0.717) is 35.7 Å². The van der Waals surface area contributed by atoms with Crippen LogP contribution in [0.4, 0.5) is 5.69 Å². The van der Waals surface area contributed by atoms with Crippen LogP contribution in [0.15, 0.2) is 52.0 Å². The average molecular weight is 400 g/mol. The van der Waals surface area contributed by atoms with Gasteiger partial charge in [-0.25, -0.2) is 4.99 Å². The fraction of sp³-hybridized carbons (Fsp3) is 0.211. The van der Waals surface area contributed by atoms with Crippen LogP contribution in [-0.4, -0.2) is 29.3 Å². The highest BCUT2D eigenvalue weighted by Crippen LogP contribution is 2.32. The molecule has 3 aromatic rings. The molecule has 0 aliphatic carbocycles. The molecule has 1 aliphatic heterocycles. The van der Waals surface area contributed by atoms with Gasteiger partial charge in [0.2, 0.25) is 11.7 Å². The summed E-state index contributed by atoms with van der Waals surface area (Å²) in [6.45, 7) is 1.42. The van der Waals surface area contributed by atoms with Crippen molar-refractivity contribution >= 4 is 23.2 Å². The summed E-state index contributed by atoms with van der Waals surface area (Å²) in [5, 5.41) is 7.60. The van der Waals surface area contributed by atoms with E-state index in [9.17, 15) is 0 Å². The molecule has 0 saturated carbocycles. The van der Waals surface area contributed by atoms with Gasteiger partial charge in [-0.1, -0.05) is 16.8 Å². The monoisotopic (exact) mass is 399 g/mol. The Morgan fingerprint density at radius 3 is 2.71 bits per heavy atom. The Kier molecular flexibility index (Phi) is 5.29. The summed E-state index contributed by atoms with van der Waals surface area (Å²) in [4.78, 5) is 8.54. The first-order valence-corrected chi connectivity index (χ1v) is 9.10. The van der Waals surface area contributed by atoms with Crippen LogP contribution in [0.2, 0.25) is 5.02 Å². The number of rotatable bonds is 4. The van der Waals surface area contributed by atoms with Crippen molar-refractivity contribution in [1.82, 2.24) is 10.1 Å². The number of ether oxygens (including phenoxy) is 2. The summed E-state index contributed by atoms with van der Waals surface area (Å²) in [5.74, 6) is 2.45. The van der Waals surface area contributed by atoms with E-state index >= 15 is 0 Å². The van der Waals surface area contributed by atoms with Crippen LogP contribution < -0.4 is 20.5 Å². The van der Waals surface area contributed by atoms with Gasteiger partial charge in [0.25, 0.3) is 0 Å². The maximum absolute atomic E-state index is 5.96. The van der Waals surface area contributed by atoms with Crippen molar-refractivity contribution in [1.29, 1.82) is 0 Å². The maximum atomic E-state index is 5.96. The summed E-state index contributed by atoms with van der Waals surface area (Å²) in [6, 6.07) is 12.7. The Bertz CT molecular complexity index is 987. The van der Waals surface area contributed by atoms with E-state index in [1.807, 2.05) is 30.3 Å². The highest BCUT2D eigenvalue weighted by Gasteiger charge is 2.11. The van der Waals surface area contributed by atoms with Gasteiger partial charge in [-0.3, -0.25) is 0 Å². The highest BCUT2D eigenvalue weighted by molar-refractivity contribution is 6.30. The maximum Gasteiger partial charge on any atom is 0.248 e. The Balaban J connectivity index is 1.40. The molecule has 28 heavy (non-hydrogen) atoms. The van der Waals surface area contributed by atoms with Crippen LogP contribution in [0.3, 0.4) is 0 Å². The molecule has 2 aromatic carbocycles. The molecule has 4 rings (SSSR count). The lowest BCUT2D eigenvalue weighted by atomic mass is 10.2. The summed E-state index contributed by atoms with van der Waals surface area (Å²) >= 11 is 5.88. The van der Waals surface area contributed by atoms with E-state index in [1.165, 1.54) is 0 Å². The van der Waals surface area contributed by atoms with Crippen molar-refractivity contribution in [2.24, 2.45) is 10.7 Å². The first-order valence-electron chi connectivity index (χ1n) is 8.72. The molecule has 144 valence electrons. The number of guanidine groups is 1. The van der Waals surface area contributed by atoms with Crippen molar-refractivity contribution in [3.63, 3.8) is 0 Å². The molecule has 0 unspecified atom stereocenters. The third kappa shape index (κ3) is 4.34. The van der Waals surface area contributed by atoms with Crippen LogP contribution >= 0.6 is 11.6 Å². The zero-order valence-corrected chi connectivity index (χ0v) is 15.6. The van der Waals surface area contributed by atoms with Crippen molar-refractivity contribution in [3.05, 3.63) is 53.4 Å². The van der Waals surface area contributed by atoms with Gasteiger partial charge < -0.3 is 25.0 Å². The largest absolute Gasteiger partial charge is 0.490 e. The average Bonchev–Trinajstić information content (AvgIpc) is 3.05. The fourth-order valence-corrected chi connectivity index (χ4v) is 2.74. The first kappa shape index (κ1) is 18.1. The van der Waals surface area contributed by atoms with E-state index in [2.05, 4.69) is 20.4 Å². The molecule has 0 radical (unpaired) electrons. The number of fused-ring (bicyclic) bond motifs is 1. The summed E-state index contributed by atoms with van der Waals surface area (Å²) in [6.07, 6.45) is 0.850. The van der Waals surface area contributed by atoms with Gasteiger partial charge in [0.15, 0.2) is 17.5 Å². The van der Waals surface area contributed by atoms with Gasteiger partial charge in [0, 0.05) is 28.8 Å². The number of hydrogen-bond acceptors (Lipinski definition) is 6. The van der Waals surface area contributed by atoms with Gasteiger partial charge in [0.1, 0.15) is 6.54 Å². The van der Waals surface area contributed by atoms with Crippen LogP contribution in [0.5, 0.6) is 11.5 Å². The van der Waals surface area contributed by atoms with Crippen LogP contribution in [0.1, 0.15) is 12.3 Å². The number of benzene rings is 2. The number of nitrogens with two attached hydrogens (primary N) is 1. The molecule has 1 aliphatic rings. The van der Waals surface area contributed by atoms with E-state index in [-0.39, 0.29) is 12.5 Å². The minimum absolute atomic E-state index is 0.157. The van der Waals surface area contributed by atoms with E-state index in [1.54, 1.807) is 12.1 Å². The second-order valence-corrected chi connectivity index (χ2v) is 6.49. The third-order valence-corrected chi connectivity index (χ3v) is 4.23. The summed E-state index contributed by atoms with van der Waals surface area (Å²) in [5.41, 5.74) is 7.51. The lowest BCUT2D eigenvalue weighted by Gasteiger charge is -2.10. The highest BCUT2D eigenvalue weighted by atomic mass is 35.5. The molecule has 0 saturated heterocycles. The number of halogens is 1. The van der Waals surface area contributed by atoms with Gasteiger partial charge in [0.05, 0.1) is 13.2 Å². The Morgan fingerprint density at radius 1 is 1.11 bits per heavy atom. The molecular formula is C19H18ClN5O3. The molecule has 0 bridgehead atoms. The van der Waals surface area contributed by atoms with Crippen molar-refractivity contribution in [3.8, 4) is 22.9 Å². The predicted molar refractivity (Wildman–Crippen MR) is 106 cm³/mol. The number of hydrogen-bond donors (Lipinski definition) is 2. The Labute approximate surface area is 166 Å². The van der Waals surface area contributed by atoms with E-state index in [4.69, 9.17) is 31.3 Å². The number of aliphatic imine (C=N–C) groups is 1. The standard InChI is InChI=1S/C19H18ClN5O3/c20-13-4-2-12(3-5-13)18-24-17(28-25-18)11-22-19(21)23-14-6-7-15-16(10-14)27-9-1-8-26-15/h2-7,10H,1,8-9,11H2,(H3,21,22,23). The first-order chi connectivity index (χ1) is 13.7. The van der Waals surface area contributed by atoms with Gasteiger partial charge in [-0.15, -0.1) is 0 Å². The quantitative estimate of drug-likeness (QED) is 0.510. The lowest BCUT2D eigenvalue weighted by Crippen LogP contribution is -2.22.